The molecule has 2 atom stereocenters. The highest BCUT2D eigenvalue weighted by atomic mass is 16.1. The first-order chi connectivity index (χ1) is 10.1. The van der Waals surface area contributed by atoms with Crippen molar-refractivity contribution in [1.82, 2.24) is 25.3 Å². The third-order valence-electron chi connectivity index (χ3n) is 4.64. The minimum Gasteiger partial charge on any atom is -0.355 e. The normalized spacial score (nSPS) is 25.5. The maximum Gasteiger partial charge on any atom is 0.225 e. The maximum atomic E-state index is 12.4. The zero-order chi connectivity index (χ0) is 14.8. The van der Waals surface area contributed by atoms with Gasteiger partial charge < -0.3 is 15.5 Å². The molecule has 1 aromatic rings. The first-order valence-corrected chi connectivity index (χ1v) is 7.82. The molecular formula is C15H25N5O. The summed E-state index contributed by atoms with van der Waals surface area (Å²) in [6.07, 6.45) is 6.50. The molecule has 2 aliphatic rings. The van der Waals surface area contributed by atoms with E-state index in [1.807, 2.05) is 19.4 Å². The molecule has 0 aromatic carbocycles. The van der Waals surface area contributed by atoms with Gasteiger partial charge in [0, 0.05) is 51.4 Å². The molecule has 2 N–H and O–H groups in total. The lowest BCUT2D eigenvalue weighted by atomic mass is 9.90. The van der Waals surface area contributed by atoms with Crippen molar-refractivity contribution in [2.75, 3.05) is 33.2 Å². The van der Waals surface area contributed by atoms with E-state index in [4.69, 9.17) is 0 Å². The Kier molecular flexibility index (Phi) is 4.26. The highest BCUT2D eigenvalue weighted by molar-refractivity contribution is 5.80. The number of nitrogens with one attached hydrogen (secondary N) is 2. The lowest BCUT2D eigenvalue weighted by Gasteiger charge is -2.19. The topological polar surface area (TPSA) is 62.2 Å². The summed E-state index contributed by atoms with van der Waals surface area (Å²) in [5.74, 6) is 0.415. The Bertz CT molecular complexity index is 496. The number of rotatable bonds is 6. The van der Waals surface area contributed by atoms with Crippen molar-refractivity contribution in [3.8, 4) is 0 Å². The molecule has 6 heteroatoms. The van der Waals surface area contributed by atoms with E-state index < -0.39 is 0 Å². The number of aromatic nitrogens is 2. The molecule has 1 aliphatic heterocycles. The average molecular weight is 291 g/mol. The standard InChI is InChI=1S/C15H25N5O/c1-19(12-3-4-12)6-5-17-15(21)14-9-16-8-13(14)11-7-18-20(2)10-11/h7,10,12-14,16H,3-6,8-9H2,1-2H3,(H,17,21)/t13-,14+/m1/s1. The zero-order valence-corrected chi connectivity index (χ0v) is 12.9. The summed E-state index contributed by atoms with van der Waals surface area (Å²) < 4.78 is 1.80. The number of hydrogen-bond donors (Lipinski definition) is 2. The summed E-state index contributed by atoms with van der Waals surface area (Å²) in [6, 6.07) is 0.748. The lowest BCUT2D eigenvalue weighted by Crippen LogP contribution is -2.39. The smallest absolute Gasteiger partial charge is 0.225 e. The van der Waals surface area contributed by atoms with Gasteiger partial charge >= 0.3 is 0 Å². The van der Waals surface area contributed by atoms with Crippen LogP contribution in [0.5, 0.6) is 0 Å². The summed E-state index contributed by atoms with van der Waals surface area (Å²) in [7, 11) is 4.05. The Morgan fingerprint density at radius 2 is 2.33 bits per heavy atom. The molecule has 116 valence electrons. The van der Waals surface area contributed by atoms with Crippen molar-refractivity contribution in [3.05, 3.63) is 18.0 Å². The van der Waals surface area contributed by atoms with Crippen LogP contribution < -0.4 is 10.6 Å². The molecule has 1 saturated carbocycles. The van der Waals surface area contributed by atoms with Gasteiger partial charge in [-0.2, -0.15) is 5.10 Å². The number of amides is 1. The van der Waals surface area contributed by atoms with Gasteiger partial charge in [0.1, 0.15) is 0 Å². The minimum absolute atomic E-state index is 0.0143. The molecule has 1 saturated heterocycles. The Morgan fingerprint density at radius 1 is 1.52 bits per heavy atom. The van der Waals surface area contributed by atoms with Gasteiger partial charge in [0.25, 0.3) is 0 Å². The van der Waals surface area contributed by atoms with Crippen LogP contribution in [0.3, 0.4) is 0 Å². The van der Waals surface area contributed by atoms with Gasteiger partial charge in [-0.3, -0.25) is 9.48 Å². The van der Waals surface area contributed by atoms with Gasteiger partial charge in [0.2, 0.25) is 5.91 Å². The van der Waals surface area contributed by atoms with E-state index in [0.717, 1.165) is 37.8 Å². The van der Waals surface area contributed by atoms with Gasteiger partial charge in [-0.05, 0) is 25.5 Å². The van der Waals surface area contributed by atoms with Gasteiger partial charge in [0.15, 0.2) is 0 Å². The lowest BCUT2D eigenvalue weighted by molar-refractivity contribution is -0.124. The first kappa shape index (κ1) is 14.5. The SMILES string of the molecule is CN(CCNC(=O)[C@H]1CNC[C@@H]1c1cnn(C)c1)C1CC1. The number of carbonyl (C=O) groups excluding carboxylic acids is 1. The van der Waals surface area contributed by atoms with Crippen molar-refractivity contribution in [2.45, 2.75) is 24.8 Å². The van der Waals surface area contributed by atoms with Crippen molar-refractivity contribution in [2.24, 2.45) is 13.0 Å². The highest BCUT2D eigenvalue weighted by Crippen LogP contribution is 2.28. The van der Waals surface area contributed by atoms with E-state index in [1.165, 1.54) is 12.8 Å². The Labute approximate surface area is 125 Å². The molecule has 2 heterocycles. The van der Waals surface area contributed by atoms with E-state index in [-0.39, 0.29) is 17.7 Å². The molecule has 0 bridgehead atoms. The molecule has 1 aromatic heterocycles. The van der Waals surface area contributed by atoms with E-state index in [1.54, 1.807) is 4.68 Å². The Morgan fingerprint density at radius 3 is 3.00 bits per heavy atom. The number of likely N-dealkylation sites (N-methyl/N-ethyl adjacent to an activating group) is 1. The third-order valence-corrected chi connectivity index (χ3v) is 4.64. The fourth-order valence-electron chi connectivity index (χ4n) is 3.12. The second kappa shape index (κ2) is 6.15. The quantitative estimate of drug-likeness (QED) is 0.770. The predicted octanol–water partition coefficient (Wildman–Crippen LogP) is -0.0665. The molecule has 3 rings (SSSR count). The van der Waals surface area contributed by atoms with Gasteiger partial charge in [-0.1, -0.05) is 0 Å². The number of hydrogen-bond acceptors (Lipinski definition) is 4. The maximum absolute atomic E-state index is 12.4. The summed E-state index contributed by atoms with van der Waals surface area (Å²) in [5, 5.41) is 10.6. The van der Waals surface area contributed by atoms with Crippen LogP contribution in [0.15, 0.2) is 12.4 Å². The van der Waals surface area contributed by atoms with Gasteiger partial charge in [-0.25, -0.2) is 0 Å². The molecule has 21 heavy (non-hydrogen) atoms. The van der Waals surface area contributed by atoms with Crippen molar-refractivity contribution < 1.29 is 4.79 Å². The zero-order valence-electron chi connectivity index (χ0n) is 12.9. The highest BCUT2D eigenvalue weighted by Gasteiger charge is 2.34. The Hall–Kier alpha value is -1.40. The van der Waals surface area contributed by atoms with Crippen molar-refractivity contribution in [1.29, 1.82) is 0 Å². The van der Waals surface area contributed by atoms with Gasteiger partial charge in [-0.15, -0.1) is 0 Å². The number of nitrogens with zero attached hydrogens (tertiary/aromatic N) is 3. The van der Waals surface area contributed by atoms with Crippen molar-refractivity contribution in [3.63, 3.8) is 0 Å². The van der Waals surface area contributed by atoms with E-state index in [0.29, 0.717) is 0 Å². The monoisotopic (exact) mass is 291 g/mol. The second-order valence-electron chi connectivity index (χ2n) is 6.32. The first-order valence-electron chi connectivity index (χ1n) is 7.82. The number of carbonyl (C=O) groups is 1. The Balaban J connectivity index is 1.50. The van der Waals surface area contributed by atoms with E-state index in [2.05, 4.69) is 27.7 Å². The second-order valence-corrected chi connectivity index (χ2v) is 6.32. The van der Waals surface area contributed by atoms with E-state index in [9.17, 15) is 4.79 Å². The summed E-state index contributed by atoms with van der Waals surface area (Å²) in [4.78, 5) is 14.7. The van der Waals surface area contributed by atoms with Gasteiger partial charge in [0.05, 0.1) is 12.1 Å². The average Bonchev–Trinajstić information content (AvgIpc) is 3.04. The van der Waals surface area contributed by atoms with Crippen LogP contribution in [0.25, 0.3) is 0 Å². The van der Waals surface area contributed by atoms with Crippen LogP contribution in [0.4, 0.5) is 0 Å². The van der Waals surface area contributed by atoms with Crippen molar-refractivity contribution >= 4 is 5.91 Å². The van der Waals surface area contributed by atoms with Crippen LogP contribution in [-0.2, 0) is 11.8 Å². The van der Waals surface area contributed by atoms with Crippen LogP contribution in [0.2, 0.25) is 0 Å². The number of aryl methyl sites for hydroxylation is 1. The fraction of sp³-hybridized carbons (Fsp3) is 0.733. The summed E-state index contributed by atoms with van der Waals surface area (Å²) in [6.45, 7) is 3.28. The molecule has 1 amide bonds. The molecule has 2 fully saturated rings. The third kappa shape index (κ3) is 3.44. The predicted molar refractivity (Wildman–Crippen MR) is 81.0 cm³/mol. The largest absolute Gasteiger partial charge is 0.355 e. The molecule has 0 spiro atoms. The van der Waals surface area contributed by atoms with Crippen LogP contribution >= 0.6 is 0 Å². The van der Waals surface area contributed by atoms with E-state index >= 15 is 0 Å². The fourth-order valence-corrected chi connectivity index (χ4v) is 3.12. The summed E-state index contributed by atoms with van der Waals surface area (Å²) in [5.41, 5.74) is 1.15. The molecular weight excluding hydrogens is 266 g/mol. The summed E-state index contributed by atoms with van der Waals surface area (Å²) >= 11 is 0. The molecule has 0 unspecified atom stereocenters. The minimum atomic E-state index is 0.0143. The molecule has 6 nitrogen and oxygen atoms in total. The van der Waals surface area contributed by atoms with Crippen LogP contribution in [-0.4, -0.2) is 59.9 Å². The molecule has 1 aliphatic carbocycles. The van der Waals surface area contributed by atoms with Crippen LogP contribution in [0.1, 0.15) is 24.3 Å². The van der Waals surface area contributed by atoms with Crippen LogP contribution in [0, 0.1) is 5.92 Å². The molecule has 0 radical (unpaired) electrons.